The first kappa shape index (κ1) is 23.2. The molecular weight excluding hydrogens is 400 g/mol. The lowest BCUT2D eigenvalue weighted by Crippen LogP contribution is -2.47. The molecule has 0 fully saturated rings. The fourth-order valence-electron chi connectivity index (χ4n) is 2.85. The van der Waals surface area contributed by atoms with Crippen LogP contribution in [0, 0.1) is 0 Å². The third-order valence-corrected chi connectivity index (χ3v) is 4.73. The van der Waals surface area contributed by atoms with E-state index in [2.05, 4.69) is 5.32 Å². The van der Waals surface area contributed by atoms with Gasteiger partial charge >= 0.3 is 12.4 Å². The van der Waals surface area contributed by atoms with Gasteiger partial charge < -0.3 is 15.2 Å². The summed E-state index contributed by atoms with van der Waals surface area (Å²) in [4.78, 5) is 0. The van der Waals surface area contributed by atoms with Crippen molar-refractivity contribution in [3.63, 3.8) is 0 Å². The molecule has 0 radical (unpaired) electrons. The molecule has 0 aliphatic carbocycles. The summed E-state index contributed by atoms with van der Waals surface area (Å²) >= 11 is 0. The Morgan fingerprint density at radius 1 is 0.897 bits per heavy atom. The van der Waals surface area contributed by atoms with E-state index in [-0.39, 0.29) is 18.2 Å². The maximum atomic E-state index is 13.1. The summed E-state index contributed by atoms with van der Waals surface area (Å²) < 4.78 is 83.9. The van der Waals surface area contributed by atoms with E-state index in [0.29, 0.717) is 17.7 Å². The summed E-state index contributed by atoms with van der Waals surface area (Å²) in [7, 11) is 1.57. The Bertz CT molecular complexity index is 769. The molecule has 0 amide bonds. The molecule has 0 aromatic heterocycles. The van der Waals surface area contributed by atoms with Crippen LogP contribution in [0.25, 0.3) is 0 Å². The summed E-state index contributed by atoms with van der Waals surface area (Å²) in [6.07, 6.45) is -10.9. The molecule has 0 aliphatic rings. The van der Waals surface area contributed by atoms with Crippen LogP contribution in [0.1, 0.15) is 35.3 Å². The summed E-state index contributed by atoms with van der Waals surface area (Å²) in [5.74, 6) is 0. The van der Waals surface area contributed by atoms with E-state index in [1.54, 1.807) is 37.4 Å². The minimum absolute atomic E-state index is 0.0752. The van der Waals surface area contributed by atoms with Crippen molar-refractivity contribution >= 4 is 0 Å². The Morgan fingerprint density at radius 2 is 1.41 bits per heavy atom. The molecule has 160 valence electrons. The van der Waals surface area contributed by atoms with Crippen molar-refractivity contribution in [3.8, 4) is 0 Å². The zero-order valence-electron chi connectivity index (χ0n) is 15.7. The molecule has 0 unspecified atom stereocenters. The summed E-state index contributed by atoms with van der Waals surface area (Å²) in [5.41, 5.74) is -3.46. The maximum absolute atomic E-state index is 13.1. The van der Waals surface area contributed by atoms with Gasteiger partial charge in [-0.15, -0.1) is 0 Å². The van der Waals surface area contributed by atoms with Gasteiger partial charge in [0.2, 0.25) is 0 Å². The van der Waals surface area contributed by atoms with Gasteiger partial charge in [-0.05, 0) is 43.3 Å². The average molecular weight is 421 g/mol. The van der Waals surface area contributed by atoms with Gasteiger partial charge in [-0.2, -0.15) is 26.3 Å². The number of hydrogen-bond acceptors (Lipinski definition) is 3. The Balaban J connectivity index is 2.33. The molecule has 0 bridgehead atoms. The van der Waals surface area contributed by atoms with E-state index in [4.69, 9.17) is 4.74 Å². The topological polar surface area (TPSA) is 41.5 Å². The molecule has 3 nitrogen and oxygen atoms in total. The SMILES string of the molecule is CN[C@](CO)(CO[C@H](C)c1cc(C(F)(F)F)cc(C(F)(F)F)c1)c1ccccc1. The first-order valence-electron chi connectivity index (χ1n) is 8.69. The van der Waals surface area contributed by atoms with E-state index >= 15 is 0 Å². The fraction of sp³-hybridized carbons (Fsp3) is 0.400. The van der Waals surface area contributed by atoms with Crippen molar-refractivity contribution in [1.82, 2.24) is 5.32 Å². The number of halogens is 6. The molecule has 0 spiro atoms. The number of likely N-dealkylation sites (N-methyl/N-ethyl adjacent to an activating group) is 1. The van der Waals surface area contributed by atoms with Crippen molar-refractivity contribution in [2.45, 2.75) is 30.9 Å². The number of hydrogen-bond donors (Lipinski definition) is 2. The van der Waals surface area contributed by atoms with Gasteiger partial charge in [0.05, 0.1) is 36.0 Å². The Kier molecular flexibility index (Phi) is 6.97. The number of benzene rings is 2. The van der Waals surface area contributed by atoms with E-state index in [0.717, 1.165) is 0 Å². The van der Waals surface area contributed by atoms with Crippen molar-refractivity contribution in [2.24, 2.45) is 0 Å². The van der Waals surface area contributed by atoms with Crippen LogP contribution in [0.4, 0.5) is 26.3 Å². The quantitative estimate of drug-likeness (QED) is 0.625. The highest BCUT2D eigenvalue weighted by Gasteiger charge is 2.38. The number of ether oxygens (including phenoxy) is 1. The van der Waals surface area contributed by atoms with Crippen LogP contribution in [0.3, 0.4) is 0 Å². The van der Waals surface area contributed by atoms with E-state index in [1.165, 1.54) is 6.92 Å². The second-order valence-electron chi connectivity index (χ2n) is 6.65. The minimum Gasteiger partial charge on any atom is -0.394 e. The van der Waals surface area contributed by atoms with Crippen LogP contribution in [-0.2, 0) is 22.6 Å². The first-order valence-corrected chi connectivity index (χ1v) is 8.69. The van der Waals surface area contributed by atoms with Gasteiger partial charge in [-0.25, -0.2) is 0 Å². The van der Waals surface area contributed by atoms with Gasteiger partial charge in [0.1, 0.15) is 0 Å². The molecule has 9 heteroatoms. The lowest BCUT2D eigenvalue weighted by atomic mass is 9.91. The molecule has 0 saturated heterocycles. The lowest BCUT2D eigenvalue weighted by molar-refractivity contribution is -0.143. The highest BCUT2D eigenvalue weighted by molar-refractivity contribution is 5.34. The van der Waals surface area contributed by atoms with Crippen LogP contribution in [-0.4, -0.2) is 25.4 Å². The Hall–Kier alpha value is -2.10. The summed E-state index contributed by atoms with van der Waals surface area (Å²) in [6.45, 7) is 0.790. The van der Waals surface area contributed by atoms with Crippen LogP contribution in [0.15, 0.2) is 48.5 Å². The second kappa shape index (κ2) is 8.73. The average Bonchev–Trinajstić information content (AvgIpc) is 2.68. The predicted molar refractivity (Wildman–Crippen MR) is 95.1 cm³/mol. The van der Waals surface area contributed by atoms with E-state index < -0.39 is 41.7 Å². The summed E-state index contributed by atoms with van der Waals surface area (Å²) in [6, 6.07) is 10.1. The molecule has 29 heavy (non-hydrogen) atoms. The van der Waals surface area contributed by atoms with Crippen molar-refractivity contribution < 1.29 is 36.2 Å². The molecule has 0 saturated carbocycles. The standard InChI is InChI=1S/C20H21F6NO2/c1-13(29-12-18(11-28,27-2)15-6-4-3-5-7-15)14-8-16(19(21,22)23)10-17(9-14)20(24,25)26/h3-10,13,27-28H,11-12H2,1-2H3/t13-,18-/m1/s1. The zero-order valence-corrected chi connectivity index (χ0v) is 15.7. The maximum Gasteiger partial charge on any atom is 0.416 e. The fourth-order valence-corrected chi connectivity index (χ4v) is 2.85. The smallest absolute Gasteiger partial charge is 0.394 e. The highest BCUT2D eigenvalue weighted by Crippen LogP contribution is 2.38. The number of rotatable bonds is 7. The molecule has 2 aromatic rings. The predicted octanol–water partition coefficient (Wildman–Crippen LogP) is 4.91. The van der Waals surface area contributed by atoms with Crippen LogP contribution in [0.2, 0.25) is 0 Å². The first-order chi connectivity index (χ1) is 13.4. The Morgan fingerprint density at radius 3 is 1.83 bits per heavy atom. The number of alkyl halides is 6. The second-order valence-corrected chi connectivity index (χ2v) is 6.65. The van der Waals surface area contributed by atoms with Gasteiger partial charge in [0.15, 0.2) is 0 Å². The Labute approximate surface area is 164 Å². The zero-order chi connectivity index (χ0) is 21.9. The monoisotopic (exact) mass is 421 g/mol. The third-order valence-electron chi connectivity index (χ3n) is 4.73. The molecule has 2 atom stereocenters. The van der Waals surface area contributed by atoms with Gasteiger partial charge in [-0.1, -0.05) is 30.3 Å². The molecule has 2 rings (SSSR count). The van der Waals surface area contributed by atoms with Crippen molar-refractivity contribution in [3.05, 3.63) is 70.8 Å². The van der Waals surface area contributed by atoms with Crippen molar-refractivity contribution in [1.29, 1.82) is 0 Å². The molecule has 2 aromatic carbocycles. The number of aliphatic hydroxyl groups is 1. The van der Waals surface area contributed by atoms with Gasteiger partial charge in [0, 0.05) is 0 Å². The lowest BCUT2D eigenvalue weighted by Gasteiger charge is -2.33. The largest absolute Gasteiger partial charge is 0.416 e. The highest BCUT2D eigenvalue weighted by atomic mass is 19.4. The molecular formula is C20H21F6NO2. The van der Waals surface area contributed by atoms with Crippen LogP contribution < -0.4 is 5.32 Å². The molecule has 0 aliphatic heterocycles. The van der Waals surface area contributed by atoms with Gasteiger partial charge in [0.25, 0.3) is 0 Å². The van der Waals surface area contributed by atoms with Crippen LogP contribution in [0.5, 0.6) is 0 Å². The normalized spacial score (nSPS) is 15.8. The van der Waals surface area contributed by atoms with Gasteiger partial charge in [-0.3, -0.25) is 0 Å². The van der Waals surface area contributed by atoms with Crippen molar-refractivity contribution in [2.75, 3.05) is 20.3 Å². The number of aliphatic hydroxyl groups excluding tert-OH is 1. The van der Waals surface area contributed by atoms with E-state index in [9.17, 15) is 31.4 Å². The molecule has 0 heterocycles. The molecule has 2 N–H and O–H groups in total. The third kappa shape index (κ3) is 5.49. The minimum atomic E-state index is -4.93. The van der Waals surface area contributed by atoms with Crippen LogP contribution >= 0.6 is 0 Å². The summed E-state index contributed by atoms with van der Waals surface area (Å²) in [5, 5.41) is 12.8. The van der Waals surface area contributed by atoms with E-state index in [1.807, 2.05) is 0 Å². The number of nitrogens with one attached hydrogen (secondary N) is 1.